The van der Waals surface area contributed by atoms with Gasteiger partial charge in [-0.1, -0.05) is 37.2 Å². The van der Waals surface area contributed by atoms with Crippen molar-refractivity contribution in [1.82, 2.24) is 0 Å². The van der Waals surface area contributed by atoms with Gasteiger partial charge in [0.2, 0.25) is 0 Å². The Kier molecular flexibility index (Phi) is 5.28. The van der Waals surface area contributed by atoms with E-state index in [1.54, 1.807) is 37.3 Å². The Balaban J connectivity index is 2.26. The third kappa shape index (κ3) is 3.52. The Hall–Kier alpha value is -1.76. The second-order valence-electron chi connectivity index (χ2n) is 5.24. The third-order valence-electron chi connectivity index (χ3n) is 3.33. The molecule has 0 aliphatic heterocycles. The van der Waals surface area contributed by atoms with Crippen LogP contribution < -0.4 is 0 Å². The molecule has 0 bridgehead atoms. The summed E-state index contributed by atoms with van der Waals surface area (Å²) < 4.78 is 0.610. The van der Waals surface area contributed by atoms with Gasteiger partial charge in [-0.25, -0.2) is 4.79 Å². The van der Waals surface area contributed by atoms with Gasteiger partial charge < -0.3 is 4.84 Å². The molecule has 1 aromatic rings. The highest BCUT2D eigenvalue weighted by Crippen LogP contribution is 2.28. The van der Waals surface area contributed by atoms with Crippen molar-refractivity contribution < 1.29 is 14.4 Å². The fraction of sp³-hybridized carbons (Fsp3) is 0.235. The lowest BCUT2D eigenvalue weighted by molar-refractivity contribution is -0.111. The summed E-state index contributed by atoms with van der Waals surface area (Å²) in [5.74, 6) is -0.422. The Morgan fingerprint density at radius 1 is 1.23 bits per heavy atom. The molecule has 0 radical (unpaired) electrons. The number of ketones is 1. The number of carbonyl (C=O) groups is 2. The first-order valence-electron chi connectivity index (χ1n) is 6.89. The fourth-order valence-electron chi connectivity index (χ4n) is 1.97. The normalized spacial score (nSPS) is 17.0. The molecule has 0 unspecified atom stereocenters. The van der Waals surface area contributed by atoms with Crippen molar-refractivity contribution in [3.05, 3.63) is 56.7 Å². The highest BCUT2D eigenvalue weighted by molar-refractivity contribution is 14.1. The molecule has 0 fully saturated rings. The molecule has 0 saturated carbocycles. The van der Waals surface area contributed by atoms with Crippen LogP contribution in [-0.4, -0.2) is 17.5 Å². The van der Waals surface area contributed by atoms with Gasteiger partial charge in [0.05, 0.1) is 9.14 Å². The Bertz CT molecular complexity index is 700. The van der Waals surface area contributed by atoms with Crippen LogP contribution in [-0.2, 0) is 9.63 Å². The Morgan fingerprint density at radius 3 is 2.45 bits per heavy atom. The zero-order chi connectivity index (χ0) is 16.3. The average molecular weight is 409 g/mol. The van der Waals surface area contributed by atoms with E-state index in [-0.39, 0.29) is 11.7 Å². The predicted molar refractivity (Wildman–Crippen MR) is 93.9 cm³/mol. The maximum Gasteiger partial charge on any atom is 0.365 e. The van der Waals surface area contributed by atoms with Crippen molar-refractivity contribution in [3.8, 4) is 0 Å². The summed E-state index contributed by atoms with van der Waals surface area (Å²) in [4.78, 5) is 29.1. The second kappa shape index (κ2) is 7.00. The summed E-state index contributed by atoms with van der Waals surface area (Å²) in [6, 6.07) is 8.66. The lowest BCUT2D eigenvalue weighted by Gasteiger charge is -2.17. The van der Waals surface area contributed by atoms with Gasteiger partial charge in [0.1, 0.15) is 5.71 Å². The quantitative estimate of drug-likeness (QED) is 0.327. The number of benzene rings is 1. The minimum absolute atomic E-state index is 0.0152. The van der Waals surface area contributed by atoms with Crippen LogP contribution in [0.5, 0.6) is 0 Å². The van der Waals surface area contributed by atoms with E-state index in [4.69, 9.17) is 4.84 Å². The van der Waals surface area contributed by atoms with Gasteiger partial charge in [0.25, 0.3) is 0 Å². The smallest absolute Gasteiger partial charge is 0.312 e. The van der Waals surface area contributed by atoms with Crippen molar-refractivity contribution in [2.45, 2.75) is 20.8 Å². The van der Waals surface area contributed by atoms with Crippen LogP contribution in [0.3, 0.4) is 0 Å². The molecule has 2 rings (SSSR count). The molecular weight excluding hydrogens is 393 g/mol. The number of Topliss-reactive ketones (excluding diaryl/α,β-unsaturated/α-hetero) is 1. The topological polar surface area (TPSA) is 55.7 Å². The Morgan fingerprint density at radius 2 is 1.86 bits per heavy atom. The van der Waals surface area contributed by atoms with Crippen LogP contribution in [0.15, 0.2) is 56.3 Å². The van der Waals surface area contributed by atoms with Crippen LogP contribution in [0, 0.1) is 5.92 Å². The summed E-state index contributed by atoms with van der Waals surface area (Å²) in [6.45, 7) is 5.69. The van der Waals surface area contributed by atoms with Crippen molar-refractivity contribution in [2.75, 3.05) is 0 Å². The molecule has 5 heteroatoms. The molecule has 0 aromatic heterocycles. The molecule has 1 aromatic carbocycles. The maximum absolute atomic E-state index is 12.2. The van der Waals surface area contributed by atoms with Crippen LogP contribution in [0.1, 0.15) is 31.1 Å². The van der Waals surface area contributed by atoms with Crippen molar-refractivity contribution >= 4 is 40.1 Å². The zero-order valence-electron chi connectivity index (χ0n) is 12.6. The first kappa shape index (κ1) is 16.6. The molecule has 1 aliphatic rings. The van der Waals surface area contributed by atoms with E-state index < -0.39 is 5.97 Å². The van der Waals surface area contributed by atoms with Crippen LogP contribution in [0.2, 0.25) is 0 Å². The number of allylic oxidation sites excluding steroid dienone is 4. The maximum atomic E-state index is 12.2. The Labute approximate surface area is 143 Å². The number of rotatable bonds is 3. The molecule has 4 nitrogen and oxygen atoms in total. The molecular formula is C17H16INO3. The molecule has 0 amide bonds. The van der Waals surface area contributed by atoms with Crippen molar-refractivity contribution in [1.29, 1.82) is 0 Å². The molecule has 0 N–H and O–H groups in total. The van der Waals surface area contributed by atoms with Crippen molar-refractivity contribution in [3.63, 3.8) is 0 Å². The summed E-state index contributed by atoms with van der Waals surface area (Å²) in [6.07, 6.45) is 1.70. The first-order chi connectivity index (χ1) is 10.4. The van der Waals surface area contributed by atoms with E-state index in [1.807, 2.05) is 42.5 Å². The molecule has 0 atom stereocenters. The average Bonchev–Trinajstić information content (AvgIpc) is 2.52. The molecule has 22 heavy (non-hydrogen) atoms. The summed E-state index contributed by atoms with van der Waals surface area (Å²) in [5.41, 5.74) is 2.33. The van der Waals surface area contributed by atoms with Gasteiger partial charge in [-0.15, -0.1) is 0 Å². The van der Waals surface area contributed by atoms with Gasteiger partial charge in [-0.2, -0.15) is 0 Å². The van der Waals surface area contributed by atoms with E-state index in [1.165, 1.54) is 0 Å². The zero-order valence-corrected chi connectivity index (χ0v) is 14.7. The van der Waals surface area contributed by atoms with Crippen molar-refractivity contribution in [2.24, 2.45) is 11.1 Å². The third-order valence-corrected chi connectivity index (χ3v) is 4.62. The monoisotopic (exact) mass is 409 g/mol. The van der Waals surface area contributed by atoms with Crippen LogP contribution >= 0.6 is 22.6 Å². The summed E-state index contributed by atoms with van der Waals surface area (Å²) >= 11 is 2.01. The lowest BCUT2D eigenvalue weighted by Crippen LogP contribution is -2.19. The van der Waals surface area contributed by atoms with E-state index >= 15 is 0 Å². The summed E-state index contributed by atoms with van der Waals surface area (Å²) in [5, 5.41) is 3.93. The van der Waals surface area contributed by atoms with E-state index in [0.717, 1.165) is 5.57 Å². The van der Waals surface area contributed by atoms with Gasteiger partial charge >= 0.3 is 5.97 Å². The number of oxime groups is 1. The molecule has 1 aliphatic carbocycles. The highest BCUT2D eigenvalue weighted by atomic mass is 127. The second-order valence-corrected chi connectivity index (χ2v) is 6.32. The first-order valence-corrected chi connectivity index (χ1v) is 7.97. The predicted octanol–water partition coefficient (Wildman–Crippen LogP) is 4.07. The number of hydrogen-bond acceptors (Lipinski definition) is 4. The highest BCUT2D eigenvalue weighted by Gasteiger charge is 2.25. The largest absolute Gasteiger partial charge is 0.365 e. The van der Waals surface area contributed by atoms with Gasteiger partial charge in [-0.05, 0) is 59.2 Å². The van der Waals surface area contributed by atoms with Crippen LogP contribution in [0.25, 0.3) is 0 Å². The standard InChI is InChI=1S/C17H16INO3/c1-10(2)13-9-14(11(3)15(18)16(13)20)19-22-17(21)12-7-5-4-6-8-12/h4-10H,1-3H3/b19-14-. The minimum Gasteiger partial charge on any atom is -0.312 e. The molecule has 0 saturated heterocycles. The SMILES string of the molecule is CC1=C(I)C(=O)C(C(C)C)=C/C1=N/OC(=O)c1ccccc1. The van der Waals surface area contributed by atoms with E-state index in [9.17, 15) is 9.59 Å². The minimum atomic E-state index is -0.521. The van der Waals surface area contributed by atoms with Gasteiger partial charge in [0, 0.05) is 5.57 Å². The molecule has 114 valence electrons. The number of carbonyl (C=O) groups excluding carboxylic acids is 2. The van der Waals surface area contributed by atoms with Crippen LogP contribution in [0.4, 0.5) is 0 Å². The number of nitrogens with zero attached hydrogens (tertiary/aromatic N) is 1. The lowest BCUT2D eigenvalue weighted by atomic mass is 9.90. The van der Waals surface area contributed by atoms with Gasteiger partial charge in [-0.3, -0.25) is 4.79 Å². The van der Waals surface area contributed by atoms with E-state index in [0.29, 0.717) is 20.4 Å². The number of hydrogen-bond donors (Lipinski definition) is 0. The molecule has 0 spiro atoms. The van der Waals surface area contributed by atoms with E-state index in [2.05, 4.69) is 5.16 Å². The number of halogens is 1. The summed E-state index contributed by atoms with van der Waals surface area (Å²) in [7, 11) is 0. The van der Waals surface area contributed by atoms with Gasteiger partial charge in [0.15, 0.2) is 5.78 Å². The fourth-order valence-corrected chi connectivity index (χ4v) is 2.56. The molecule has 0 heterocycles.